The fourth-order valence-corrected chi connectivity index (χ4v) is 2.68. The van der Waals surface area contributed by atoms with Crippen molar-refractivity contribution in [1.29, 1.82) is 0 Å². The molecule has 0 saturated carbocycles. The quantitative estimate of drug-likeness (QED) is 0.501. The number of hydrogen-bond acceptors (Lipinski definition) is 7. The fourth-order valence-electron chi connectivity index (χ4n) is 1.68. The molecule has 0 aliphatic carbocycles. The highest BCUT2D eigenvalue weighted by Gasteiger charge is 2.32. The summed E-state index contributed by atoms with van der Waals surface area (Å²) in [7, 11) is 0. The molecule has 2 rings (SSSR count). The zero-order chi connectivity index (χ0) is 14.0. The van der Waals surface area contributed by atoms with E-state index in [0.29, 0.717) is 5.52 Å². The summed E-state index contributed by atoms with van der Waals surface area (Å²) in [4.78, 5) is 4.15. The highest BCUT2D eigenvalue weighted by Crippen LogP contribution is 2.29. The summed E-state index contributed by atoms with van der Waals surface area (Å²) in [5.41, 5.74) is 0.686. The van der Waals surface area contributed by atoms with E-state index >= 15 is 0 Å². The van der Waals surface area contributed by atoms with Crippen LogP contribution in [0.1, 0.15) is 11.1 Å². The predicted molar refractivity (Wildman–Crippen MR) is 69.7 cm³/mol. The molecule has 1 aromatic carbocycles. The molecule has 0 bridgehead atoms. The van der Waals surface area contributed by atoms with Crippen molar-refractivity contribution < 1.29 is 25.5 Å². The summed E-state index contributed by atoms with van der Waals surface area (Å²) in [5.74, 6) is 0. The van der Waals surface area contributed by atoms with Gasteiger partial charge in [0.15, 0.2) is 0 Å². The summed E-state index contributed by atoms with van der Waals surface area (Å²) in [6.07, 6.45) is -6.21. The van der Waals surface area contributed by atoms with E-state index in [2.05, 4.69) is 4.98 Å². The Bertz CT molecular complexity index is 513. The Hall–Kier alpha value is -1.09. The van der Waals surface area contributed by atoms with Crippen molar-refractivity contribution in [3.05, 3.63) is 29.3 Å². The molecule has 6 nitrogen and oxygen atoms in total. The van der Waals surface area contributed by atoms with Crippen LogP contribution in [0.3, 0.4) is 0 Å². The zero-order valence-corrected chi connectivity index (χ0v) is 10.7. The number of aliphatic hydroxyl groups excluding tert-OH is 5. The van der Waals surface area contributed by atoms with Crippen LogP contribution in [0.4, 0.5) is 0 Å². The van der Waals surface area contributed by atoms with Crippen molar-refractivity contribution in [3.63, 3.8) is 0 Å². The van der Waals surface area contributed by atoms with Gasteiger partial charge in [0.2, 0.25) is 0 Å². The average molecular weight is 285 g/mol. The van der Waals surface area contributed by atoms with Gasteiger partial charge in [0.05, 0.1) is 16.8 Å². The van der Waals surface area contributed by atoms with Crippen molar-refractivity contribution in [1.82, 2.24) is 4.98 Å². The van der Waals surface area contributed by atoms with E-state index in [4.69, 9.17) is 5.11 Å². The average Bonchev–Trinajstić information content (AvgIpc) is 2.87. The minimum atomic E-state index is -1.65. The molecule has 0 saturated heterocycles. The third-order valence-electron chi connectivity index (χ3n) is 2.82. The number of para-hydroxylation sites is 1. The SMILES string of the molecule is OC[C@@H](O)[C@@H](O)[C@H](O)[C@@H](O)c1nc2ccccc2s1. The maximum atomic E-state index is 9.95. The van der Waals surface area contributed by atoms with E-state index in [-0.39, 0.29) is 5.01 Å². The largest absolute Gasteiger partial charge is 0.394 e. The van der Waals surface area contributed by atoms with Crippen molar-refractivity contribution in [2.24, 2.45) is 0 Å². The van der Waals surface area contributed by atoms with Crippen molar-refractivity contribution in [2.45, 2.75) is 24.4 Å². The molecule has 2 aromatic rings. The first-order valence-electron chi connectivity index (χ1n) is 5.73. The second-order valence-electron chi connectivity index (χ2n) is 4.20. The van der Waals surface area contributed by atoms with Gasteiger partial charge in [0.25, 0.3) is 0 Å². The van der Waals surface area contributed by atoms with Gasteiger partial charge in [0.1, 0.15) is 29.4 Å². The zero-order valence-electron chi connectivity index (χ0n) is 9.92. The molecule has 0 aliphatic rings. The highest BCUT2D eigenvalue weighted by molar-refractivity contribution is 7.18. The Morgan fingerprint density at radius 1 is 1.05 bits per heavy atom. The minimum absolute atomic E-state index is 0.248. The molecule has 0 amide bonds. The Morgan fingerprint density at radius 2 is 1.74 bits per heavy atom. The maximum absolute atomic E-state index is 9.95. The van der Waals surface area contributed by atoms with Gasteiger partial charge in [-0.25, -0.2) is 4.98 Å². The van der Waals surface area contributed by atoms with Crippen molar-refractivity contribution in [3.8, 4) is 0 Å². The molecule has 7 heteroatoms. The van der Waals surface area contributed by atoms with E-state index in [1.165, 1.54) is 11.3 Å². The van der Waals surface area contributed by atoms with E-state index in [0.717, 1.165) is 4.70 Å². The summed E-state index contributed by atoms with van der Waals surface area (Å²) in [5, 5.41) is 47.5. The van der Waals surface area contributed by atoms with Crippen LogP contribution >= 0.6 is 11.3 Å². The van der Waals surface area contributed by atoms with Gasteiger partial charge < -0.3 is 25.5 Å². The van der Waals surface area contributed by atoms with E-state index < -0.39 is 31.0 Å². The molecule has 19 heavy (non-hydrogen) atoms. The molecule has 0 fully saturated rings. The lowest BCUT2D eigenvalue weighted by Crippen LogP contribution is -2.42. The summed E-state index contributed by atoms with van der Waals surface area (Å²) >= 11 is 1.19. The number of fused-ring (bicyclic) bond motifs is 1. The Labute approximate surface area is 113 Å². The number of aromatic nitrogens is 1. The highest BCUT2D eigenvalue weighted by atomic mass is 32.1. The Morgan fingerprint density at radius 3 is 2.37 bits per heavy atom. The number of aliphatic hydroxyl groups is 5. The molecule has 5 N–H and O–H groups in total. The predicted octanol–water partition coefficient (Wildman–Crippen LogP) is -0.595. The van der Waals surface area contributed by atoms with Gasteiger partial charge in [-0.15, -0.1) is 11.3 Å². The van der Waals surface area contributed by atoms with Crippen LogP contribution < -0.4 is 0 Å². The first-order chi connectivity index (χ1) is 9.04. The van der Waals surface area contributed by atoms with Gasteiger partial charge in [-0.3, -0.25) is 0 Å². The molecule has 1 heterocycles. The van der Waals surface area contributed by atoms with Crippen LogP contribution in [0.25, 0.3) is 10.2 Å². The maximum Gasteiger partial charge on any atom is 0.134 e. The molecular weight excluding hydrogens is 270 g/mol. The number of hydrogen-bond donors (Lipinski definition) is 5. The van der Waals surface area contributed by atoms with Crippen molar-refractivity contribution >= 4 is 21.6 Å². The Balaban J connectivity index is 2.20. The van der Waals surface area contributed by atoms with Gasteiger partial charge in [-0.05, 0) is 12.1 Å². The monoisotopic (exact) mass is 285 g/mol. The lowest BCUT2D eigenvalue weighted by molar-refractivity contribution is -0.116. The fraction of sp³-hybridized carbons (Fsp3) is 0.417. The van der Waals surface area contributed by atoms with Gasteiger partial charge >= 0.3 is 0 Å². The van der Waals surface area contributed by atoms with E-state index in [9.17, 15) is 20.4 Å². The number of thiazole rings is 1. The molecule has 104 valence electrons. The molecule has 0 unspecified atom stereocenters. The number of rotatable bonds is 5. The third kappa shape index (κ3) is 2.92. The minimum Gasteiger partial charge on any atom is -0.394 e. The van der Waals surface area contributed by atoms with Crippen LogP contribution in [0, 0.1) is 0 Å². The second kappa shape index (κ2) is 5.91. The van der Waals surface area contributed by atoms with E-state index in [1.807, 2.05) is 12.1 Å². The lowest BCUT2D eigenvalue weighted by Gasteiger charge is -2.24. The molecular formula is C12H15NO5S. The van der Waals surface area contributed by atoms with Crippen LogP contribution in [-0.2, 0) is 0 Å². The molecule has 1 aromatic heterocycles. The van der Waals surface area contributed by atoms with Crippen LogP contribution in [0.15, 0.2) is 24.3 Å². The van der Waals surface area contributed by atoms with Crippen LogP contribution in [0.5, 0.6) is 0 Å². The normalized spacial score (nSPS) is 18.2. The molecule has 4 atom stereocenters. The van der Waals surface area contributed by atoms with Gasteiger partial charge in [-0.1, -0.05) is 12.1 Å². The van der Waals surface area contributed by atoms with E-state index in [1.54, 1.807) is 12.1 Å². The summed E-state index contributed by atoms with van der Waals surface area (Å²) in [6.45, 7) is -0.704. The topological polar surface area (TPSA) is 114 Å². The second-order valence-corrected chi connectivity index (χ2v) is 5.26. The lowest BCUT2D eigenvalue weighted by atomic mass is 10.0. The summed E-state index contributed by atoms with van der Waals surface area (Å²) < 4.78 is 0.848. The van der Waals surface area contributed by atoms with Gasteiger partial charge in [-0.2, -0.15) is 0 Å². The number of nitrogens with zero attached hydrogens (tertiary/aromatic N) is 1. The number of benzene rings is 1. The molecule has 0 radical (unpaired) electrons. The van der Waals surface area contributed by atoms with Crippen LogP contribution in [-0.4, -0.2) is 55.4 Å². The standard InChI is InChI=1S/C12H15NO5S/c14-5-7(15)9(16)10(17)11(18)12-13-6-3-1-2-4-8(6)19-12/h1-4,7,9-11,14-18H,5H2/t7-,9-,10+,11-/m1/s1. The first-order valence-corrected chi connectivity index (χ1v) is 6.55. The Kier molecular flexibility index (Phi) is 4.46. The summed E-state index contributed by atoms with van der Waals surface area (Å²) in [6, 6.07) is 7.23. The van der Waals surface area contributed by atoms with Crippen LogP contribution in [0.2, 0.25) is 0 Å². The third-order valence-corrected chi connectivity index (χ3v) is 3.93. The smallest absolute Gasteiger partial charge is 0.134 e. The molecule has 0 aliphatic heterocycles. The van der Waals surface area contributed by atoms with Crippen molar-refractivity contribution in [2.75, 3.05) is 6.61 Å². The first kappa shape index (κ1) is 14.3. The van der Waals surface area contributed by atoms with Gasteiger partial charge in [0, 0.05) is 0 Å². The molecule has 0 spiro atoms.